The van der Waals surface area contributed by atoms with Gasteiger partial charge in [0.2, 0.25) is 5.91 Å². The molecule has 1 amide bonds. The fourth-order valence-electron chi connectivity index (χ4n) is 1.56. The van der Waals surface area contributed by atoms with Crippen LogP contribution in [0.2, 0.25) is 0 Å². The number of halogens is 2. The summed E-state index contributed by atoms with van der Waals surface area (Å²) in [5.74, 6) is -2.73. The van der Waals surface area contributed by atoms with Gasteiger partial charge < -0.3 is 11.1 Å². The molecule has 3 N–H and O–H groups in total. The molecule has 1 unspecified atom stereocenters. The third kappa shape index (κ3) is 3.46. The van der Waals surface area contributed by atoms with Crippen molar-refractivity contribution in [3.05, 3.63) is 29.8 Å². The highest BCUT2D eigenvalue weighted by molar-refractivity contribution is 7.80. The Hall–Kier alpha value is -1.56. The summed E-state index contributed by atoms with van der Waals surface area (Å²) in [5, 5.41) is 2.29. The van der Waals surface area contributed by atoms with Crippen LogP contribution in [0.3, 0.4) is 0 Å². The molecular weight excluding hydrogens is 258 g/mol. The van der Waals surface area contributed by atoms with Crippen LogP contribution in [0, 0.1) is 23.5 Å². The first-order chi connectivity index (χ1) is 8.32. The van der Waals surface area contributed by atoms with Crippen LogP contribution < -0.4 is 11.1 Å². The van der Waals surface area contributed by atoms with E-state index in [-0.39, 0.29) is 16.6 Å². The minimum Gasteiger partial charge on any atom is -0.393 e. The summed E-state index contributed by atoms with van der Waals surface area (Å²) in [4.78, 5) is 11.9. The van der Waals surface area contributed by atoms with Gasteiger partial charge in [-0.15, -0.1) is 0 Å². The molecule has 1 rings (SSSR count). The Balaban J connectivity index is 2.92. The van der Waals surface area contributed by atoms with E-state index < -0.39 is 23.5 Å². The van der Waals surface area contributed by atoms with Crippen LogP contribution in [0.1, 0.15) is 13.8 Å². The highest BCUT2D eigenvalue weighted by Crippen LogP contribution is 2.19. The molecule has 0 radical (unpaired) electrons. The normalized spacial score (nSPS) is 12.3. The van der Waals surface area contributed by atoms with Crippen LogP contribution in [0.25, 0.3) is 0 Å². The predicted molar refractivity (Wildman–Crippen MR) is 70.1 cm³/mol. The molecule has 0 saturated carbocycles. The molecule has 1 aromatic carbocycles. The van der Waals surface area contributed by atoms with Crippen LogP contribution in [0.4, 0.5) is 14.5 Å². The summed E-state index contributed by atoms with van der Waals surface area (Å²) in [5.41, 5.74) is 5.24. The number of hydrogen-bond donors (Lipinski definition) is 2. The van der Waals surface area contributed by atoms with E-state index in [1.54, 1.807) is 13.8 Å². The lowest BCUT2D eigenvalue weighted by Crippen LogP contribution is -2.37. The molecule has 0 aliphatic rings. The van der Waals surface area contributed by atoms with Crippen LogP contribution in [-0.4, -0.2) is 10.9 Å². The van der Waals surface area contributed by atoms with Crippen molar-refractivity contribution in [3.8, 4) is 0 Å². The van der Waals surface area contributed by atoms with Crippen molar-refractivity contribution in [1.29, 1.82) is 0 Å². The minimum absolute atomic E-state index is 0.0271. The molecule has 6 heteroatoms. The third-order valence-electron chi connectivity index (χ3n) is 2.44. The lowest BCUT2D eigenvalue weighted by atomic mass is 9.95. The molecule has 3 nitrogen and oxygen atoms in total. The van der Waals surface area contributed by atoms with E-state index in [9.17, 15) is 13.6 Å². The minimum atomic E-state index is -0.720. The monoisotopic (exact) mass is 272 g/mol. The smallest absolute Gasteiger partial charge is 0.234 e. The molecule has 0 fully saturated rings. The first kappa shape index (κ1) is 14.5. The summed E-state index contributed by atoms with van der Waals surface area (Å²) in [6, 6.07) is 2.82. The number of hydrogen-bond acceptors (Lipinski definition) is 2. The van der Waals surface area contributed by atoms with Crippen LogP contribution >= 0.6 is 12.2 Å². The van der Waals surface area contributed by atoms with Gasteiger partial charge >= 0.3 is 0 Å². The van der Waals surface area contributed by atoms with Gasteiger partial charge in [0.25, 0.3) is 0 Å². The van der Waals surface area contributed by atoms with Crippen molar-refractivity contribution in [1.82, 2.24) is 0 Å². The number of rotatable bonds is 4. The molecule has 98 valence electrons. The zero-order chi connectivity index (χ0) is 13.9. The Labute approximate surface area is 109 Å². The first-order valence-electron chi connectivity index (χ1n) is 5.38. The summed E-state index contributed by atoms with van der Waals surface area (Å²) in [7, 11) is 0. The van der Waals surface area contributed by atoms with Crippen LogP contribution in [0.5, 0.6) is 0 Å². The molecule has 0 aromatic heterocycles. The summed E-state index contributed by atoms with van der Waals surface area (Å²) >= 11 is 4.79. The maximum absolute atomic E-state index is 13.4. The van der Waals surface area contributed by atoms with Crippen LogP contribution in [-0.2, 0) is 4.79 Å². The SMILES string of the molecule is CC(C)C(C(=O)Nc1cc(F)ccc1F)C(N)=S. The van der Waals surface area contributed by atoms with Crippen molar-refractivity contribution in [2.24, 2.45) is 17.6 Å². The van der Waals surface area contributed by atoms with Gasteiger partial charge in [0.15, 0.2) is 0 Å². The molecule has 0 heterocycles. The van der Waals surface area contributed by atoms with Gasteiger partial charge in [-0.25, -0.2) is 8.78 Å². The second-order valence-corrected chi connectivity index (χ2v) is 4.71. The number of benzene rings is 1. The van der Waals surface area contributed by atoms with E-state index in [4.69, 9.17) is 18.0 Å². The molecule has 18 heavy (non-hydrogen) atoms. The predicted octanol–water partition coefficient (Wildman–Crippen LogP) is 2.46. The molecule has 1 aromatic rings. The van der Waals surface area contributed by atoms with Gasteiger partial charge in [0, 0.05) is 6.07 Å². The van der Waals surface area contributed by atoms with E-state index in [0.29, 0.717) is 0 Å². The van der Waals surface area contributed by atoms with Gasteiger partial charge in [-0.3, -0.25) is 4.79 Å². The topological polar surface area (TPSA) is 55.1 Å². The number of thiocarbonyl (C=S) groups is 1. The van der Waals surface area contributed by atoms with E-state index in [2.05, 4.69) is 5.32 Å². The van der Waals surface area contributed by atoms with Gasteiger partial charge in [-0.2, -0.15) is 0 Å². The van der Waals surface area contributed by atoms with Crippen molar-refractivity contribution < 1.29 is 13.6 Å². The highest BCUT2D eigenvalue weighted by Gasteiger charge is 2.25. The maximum atomic E-state index is 13.4. The molecule has 0 aliphatic heterocycles. The van der Waals surface area contributed by atoms with Crippen molar-refractivity contribution >= 4 is 28.8 Å². The van der Waals surface area contributed by atoms with E-state index in [0.717, 1.165) is 18.2 Å². The van der Waals surface area contributed by atoms with E-state index >= 15 is 0 Å². The van der Waals surface area contributed by atoms with Gasteiger partial charge in [0.1, 0.15) is 11.6 Å². The lowest BCUT2D eigenvalue weighted by Gasteiger charge is -2.19. The summed E-state index contributed by atoms with van der Waals surface area (Å²) in [6.45, 7) is 3.54. The zero-order valence-corrected chi connectivity index (χ0v) is 10.9. The number of anilines is 1. The van der Waals surface area contributed by atoms with E-state index in [1.807, 2.05) is 0 Å². The Morgan fingerprint density at radius 1 is 1.39 bits per heavy atom. The fourth-order valence-corrected chi connectivity index (χ4v) is 1.94. The number of nitrogens with two attached hydrogens (primary N) is 1. The maximum Gasteiger partial charge on any atom is 0.234 e. The van der Waals surface area contributed by atoms with Gasteiger partial charge in [-0.05, 0) is 18.1 Å². The Morgan fingerprint density at radius 3 is 2.50 bits per heavy atom. The second-order valence-electron chi connectivity index (χ2n) is 4.24. The number of nitrogens with one attached hydrogen (secondary N) is 1. The lowest BCUT2D eigenvalue weighted by molar-refractivity contribution is -0.118. The fraction of sp³-hybridized carbons (Fsp3) is 0.333. The zero-order valence-electron chi connectivity index (χ0n) is 10.0. The van der Waals surface area contributed by atoms with Gasteiger partial charge in [-0.1, -0.05) is 26.1 Å². The largest absolute Gasteiger partial charge is 0.393 e. The van der Waals surface area contributed by atoms with Crippen LogP contribution in [0.15, 0.2) is 18.2 Å². The quantitative estimate of drug-likeness (QED) is 0.828. The number of amides is 1. The average molecular weight is 272 g/mol. The summed E-state index contributed by atoms with van der Waals surface area (Å²) in [6.07, 6.45) is 0. The van der Waals surface area contributed by atoms with Crippen molar-refractivity contribution in [2.75, 3.05) is 5.32 Å². The highest BCUT2D eigenvalue weighted by atomic mass is 32.1. The van der Waals surface area contributed by atoms with Gasteiger partial charge in [0.05, 0.1) is 16.6 Å². The van der Waals surface area contributed by atoms with Crippen molar-refractivity contribution in [3.63, 3.8) is 0 Å². The average Bonchev–Trinajstić information content (AvgIpc) is 2.22. The molecule has 0 bridgehead atoms. The third-order valence-corrected chi connectivity index (χ3v) is 2.70. The number of carbonyl (C=O) groups is 1. The Bertz CT molecular complexity index is 477. The molecule has 0 aliphatic carbocycles. The Morgan fingerprint density at radius 2 is 2.00 bits per heavy atom. The molecular formula is C12H14F2N2OS. The Kier molecular flexibility index (Phi) is 4.72. The van der Waals surface area contributed by atoms with Crippen molar-refractivity contribution in [2.45, 2.75) is 13.8 Å². The summed E-state index contributed by atoms with van der Waals surface area (Å²) < 4.78 is 26.3. The molecule has 1 atom stereocenters. The molecule has 0 saturated heterocycles. The number of carbonyl (C=O) groups excluding carboxylic acids is 1. The second kappa shape index (κ2) is 5.86. The molecule has 0 spiro atoms. The van der Waals surface area contributed by atoms with E-state index in [1.165, 1.54) is 0 Å². The first-order valence-corrected chi connectivity index (χ1v) is 5.79. The standard InChI is InChI=1S/C12H14F2N2OS/c1-6(2)10(11(15)18)12(17)16-9-5-7(13)3-4-8(9)14/h3-6,10H,1-2H3,(H2,15,18)(H,16,17).